The third-order valence-electron chi connectivity index (χ3n) is 3.83. The van der Waals surface area contributed by atoms with Crippen molar-refractivity contribution < 1.29 is 0 Å². The van der Waals surface area contributed by atoms with Gasteiger partial charge in [-0.1, -0.05) is 71.6 Å². The van der Waals surface area contributed by atoms with Gasteiger partial charge in [0.1, 0.15) is 0 Å². The van der Waals surface area contributed by atoms with Crippen molar-refractivity contribution in [3.63, 3.8) is 0 Å². The molecule has 1 aliphatic carbocycles. The Bertz CT molecular complexity index is 128. The first-order valence-electron chi connectivity index (χ1n) is 6.86. The lowest BCUT2D eigenvalue weighted by molar-refractivity contribution is 0.423. The fourth-order valence-electron chi connectivity index (χ4n) is 2.88. The zero-order valence-electron chi connectivity index (χ0n) is 10.2. The number of hydrogen-bond donors (Lipinski definition) is 0. The van der Waals surface area contributed by atoms with Crippen LogP contribution in [0.2, 0.25) is 0 Å². The second-order valence-electron chi connectivity index (χ2n) is 5.18. The molecule has 0 nitrogen and oxygen atoms in total. The van der Waals surface area contributed by atoms with Gasteiger partial charge >= 0.3 is 0 Å². The molecule has 0 saturated heterocycles. The number of rotatable bonds is 7. The number of hydrogen-bond acceptors (Lipinski definition) is 0. The van der Waals surface area contributed by atoms with Gasteiger partial charge in [-0.15, -0.1) is 0 Å². The molecular formula is C14H28. The summed E-state index contributed by atoms with van der Waals surface area (Å²) in [6, 6.07) is 0. The van der Waals surface area contributed by atoms with Gasteiger partial charge in [0, 0.05) is 0 Å². The third kappa shape index (κ3) is 4.48. The molecule has 1 rings (SSSR count). The molecule has 0 heteroatoms. The summed E-state index contributed by atoms with van der Waals surface area (Å²) in [7, 11) is 0. The van der Waals surface area contributed by atoms with Crippen LogP contribution in [0.25, 0.3) is 0 Å². The Hall–Kier alpha value is 0. The maximum atomic E-state index is 2.31. The van der Waals surface area contributed by atoms with Crippen LogP contribution in [0.4, 0.5) is 0 Å². The Morgan fingerprint density at radius 2 is 1.36 bits per heavy atom. The molecule has 2 unspecified atom stereocenters. The average Bonchev–Trinajstić information content (AvgIpc) is 2.63. The van der Waals surface area contributed by atoms with E-state index in [1.165, 1.54) is 57.8 Å². The van der Waals surface area contributed by atoms with Crippen molar-refractivity contribution in [3.8, 4) is 0 Å². The van der Waals surface area contributed by atoms with Crippen LogP contribution in [0, 0.1) is 11.8 Å². The van der Waals surface area contributed by atoms with Crippen LogP contribution < -0.4 is 0 Å². The van der Waals surface area contributed by atoms with Gasteiger partial charge in [0.05, 0.1) is 0 Å². The van der Waals surface area contributed by atoms with E-state index in [1.54, 1.807) is 6.42 Å². The van der Waals surface area contributed by atoms with Gasteiger partial charge in [-0.05, 0) is 18.3 Å². The predicted octanol–water partition coefficient (Wildman–Crippen LogP) is 5.17. The van der Waals surface area contributed by atoms with Gasteiger partial charge in [0.15, 0.2) is 0 Å². The minimum atomic E-state index is 1.10. The average molecular weight is 196 g/mol. The maximum absolute atomic E-state index is 2.31. The van der Waals surface area contributed by atoms with E-state index in [1.807, 2.05) is 0 Å². The van der Waals surface area contributed by atoms with Gasteiger partial charge in [0.25, 0.3) is 0 Å². The molecule has 0 amide bonds. The summed E-state index contributed by atoms with van der Waals surface area (Å²) in [5.74, 6) is 2.20. The standard InChI is InChI=1S/C14H28/c1-3-5-7-9-14-11-10-13(12-14)8-6-4-2/h13-14H,3-12H2,1-2H3. The zero-order valence-corrected chi connectivity index (χ0v) is 10.2. The molecule has 1 saturated carbocycles. The molecule has 0 N–H and O–H groups in total. The summed E-state index contributed by atoms with van der Waals surface area (Å²) in [5, 5.41) is 0. The monoisotopic (exact) mass is 196 g/mol. The van der Waals surface area contributed by atoms with Crippen LogP contribution in [0.5, 0.6) is 0 Å². The highest BCUT2D eigenvalue weighted by Crippen LogP contribution is 2.36. The van der Waals surface area contributed by atoms with Crippen molar-refractivity contribution in [2.24, 2.45) is 11.8 Å². The van der Waals surface area contributed by atoms with Crippen molar-refractivity contribution in [1.29, 1.82) is 0 Å². The molecule has 0 radical (unpaired) electrons. The molecule has 1 aliphatic rings. The van der Waals surface area contributed by atoms with Gasteiger partial charge in [-0.3, -0.25) is 0 Å². The normalized spacial score (nSPS) is 27.0. The first-order chi connectivity index (χ1) is 6.86. The van der Waals surface area contributed by atoms with Crippen LogP contribution in [-0.2, 0) is 0 Å². The molecule has 1 fully saturated rings. The quantitative estimate of drug-likeness (QED) is 0.493. The van der Waals surface area contributed by atoms with Crippen molar-refractivity contribution in [2.75, 3.05) is 0 Å². The minimum Gasteiger partial charge on any atom is -0.0654 e. The van der Waals surface area contributed by atoms with Crippen molar-refractivity contribution >= 4 is 0 Å². The third-order valence-corrected chi connectivity index (χ3v) is 3.83. The second kappa shape index (κ2) is 7.31. The van der Waals surface area contributed by atoms with Gasteiger partial charge in [-0.25, -0.2) is 0 Å². The van der Waals surface area contributed by atoms with E-state index in [9.17, 15) is 0 Å². The SMILES string of the molecule is CCCCCC1CCC(CCCC)C1. The molecular weight excluding hydrogens is 168 g/mol. The zero-order chi connectivity index (χ0) is 10.2. The molecule has 0 bridgehead atoms. The lowest BCUT2D eigenvalue weighted by Crippen LogP contribution is -1.97. The second-order valence-corrected chi connectivity index (χ2v) is 5.18. The molecule has 0 heterocycles. The predicted molar refractivity (Wildman–Crippen MR) is 64.5 cm³/mol. The largest absolute Gasteiger partial charge is 0.0654 e. The van der Waals surface area contributed by atoms with Crippen LogP contribution >= 0.6 is 0 Å². The van der Waals surface area contributed by atoms with Crippen LogP contribution in [-0.4, -0.2) is 0 Å². The minimum absolute atomic E-state index is 1.10. The molecule has 0 aliphatic heterocycles. The Morgan fingerprint density at radius 3 is 1.93 bits per heavy atom. The van der Waals surface area contributed by atoms with Crippen molar-refractivity contribution in [1.82, 2.24) is 0 Å². The van der Waals surface area contributed by atoms with Gasteiger partial charge in [-0.2, -0.15) is 0 Å². The Labute approximate surface area is 90.5 Å². The fraction of sp³-hybridized carbons (Fsp3) is 1.00. The molecule has 0 spiro atoms. The molecule has 0 aromatic carbocycles. The maximum Gasteiger partial charge on any atom is -0.0412 e. The van der Waals surface area contributed by atoms with Crippen LogP contribution in [0.15, 0.2) is 0 Å². The molecule has 0 aromatic heterocycles. The van der Waals surface area contributed by atoms with Crippen molar-refractivity contribution in [2.45, 2.75) is 78.1 Å². The summed E-state index contributed by atoms with van der Waals surface area (Å²) in [4.78, 5) is 0. The molecule has 84 valence electrons. The highest BCUT2D eigenvalue weighted by molar-refractivity contribution is 4.75. The molecule has 14 heavy (non-hydrogen) atoms. The topological polar surface area (TPSA) is 0 Å². The van der Waals surface area contributed by atoms with E-state index in [-0.39, 0.29) is 0 Å². The van der Waals surface area contributed by atoms with E-state index in [2.05, 4.69) is 13.8 Å². The van der Waals surface area contributed by atoms with Crippen molar-refractivity contribution in [3.05, 3.63) is 0 Å². The highest BCUT2D eigenvalue weighted by atomic mass is 14.3. The smallest absolute Gasteiger partial charge is 0.0412 e. The van der Waals surface area contributed by atoms with E-state index in [0.717, 1.165) is 11.8 Å². The Kier molecular flexibility index (Phi) is 6.31. The highest BCUT2D eigenvalue weighted by Gasteiger charge is 2.23. The van der Waals surface area contributed by atoms with Crippen LogP contribution in [0.1, 0.15) is 78.1 Å². The summed E-state index contributed by atoms with van der Waals surface area (Å²) < 4.78 is 0. The lowest BCUT2D eigenvalue weighted by Gasteiger charge is -2.10. The Balaban J connectivity index is 2.02. The van der Waals surface area contributed by atoms with Gasteiger partial charge in [0.2, 0.25) is 0 Å². The Morgan fingerprint density at radius 1 is 0.786 bits per heavy atom. The molecule has 0 aromatic rings. The first-order valence-corrected chi connectivity index (χ1v) is 6.86. The summed E-state index contributed by atoms with van der Waals surface area (Å²) >= 11 is 0. The van der Waals surface area contributed by atoms with E-state index >= 15 is 0 Å². The number of unbranched alkanes of at least 4 members (excludes halogenated alkanes) is 3. The lowest BCUT2D eigenvalue weighted by atomic mass is 9.96. The van der Waals surface area contributed by atoms with Crippen LogP contribution in [0.3, 0.4) is 0 Å². The summed E-state index contributed by atoms with van der Waals surface area (Å²) in [6.45, 7) is 4.62. The summed E-state index contributed by atoms with van der Waals surface area (Å²) in [6.07, 6.45) is 14.9. The first kappa shape index (κ1) is 12.1. The van der Waals surface area contributed by atoms with E-state index in [0.29, 0.717) is 0 Å². The fourth-order valence-corrected chi connectivity index (χ4v) is 2.88. The summed E-state index contributed by atoms with van der Waals surface area (Å²) in [5.41, 5.74) is 0. The van der Waals surface area contributed by atoms with E-state index < -0.39 is 0 Å². The molecule has 2 atom stereocenters. The van der Waals surface area contributed by atoms with Gasteiger partial charge < -0.3 is 0 Å². The van der Waals surface area contributed by atoms with E-state index in [4.69, 9.17) is 0 Å².